The first kappa shape index (κ1) is 14.0. The van der Waals surface area contributed by atoms with Crippen LogP contribution in [0.15, 0.2) is 24.3 Å². The van der Waals surface area contributed by atoms with Crippen LogP contribution in [0, 0.1) is 5.82 Å². The van der Waals surface area contributed by atoms with Crippen molar-refractivity contribution in [1.82, 2.24) is 9.80 Å². The summed E-state index contributed by atoms with van der Waals surface area (Å²) in [6.45, 7) is 1.77. The van der Waals surface area contributed by atoms with Gasteiger partial charge in [-0.25, -0.2) is 9.18 Å². The van der Waals surface area contributed by atoms with E-state index in [1.54, 1.807) is 6.92 Å². The summed E-state index contributed by atoms with van der Waals surface area (Å²) in [5.74, 6) is -1.63. The third kappa shape index (κ3) is 2.61. The number of rotatable bonds is 5. The van der Waals surface area contributed by atoms with Gasteiger partial charge in [-0.3, -0.25) is 19.4 Å². The highest BCUT2D eigenvalue weighted by molar-refractivity contribution is 6.44. The van der Waals surface area contributed by atoms with E-state index < -0.39 is 17.8 Å². The fourth-order valence-electron chi connectivity index (χ4n) is 1.81. The van der Waals surface area contributed by atoms with Crippen LogP contribution in [-0.2, 0) is 9.59 Å². The van der Waals surface area contributed by atoms with Crippen molar-refractivity contribution in [3.8, 4) is 5.75 Å². The number of urea groups is 1. The number of ether oxygens (including phenoxy) is 1. The van der Waals surface area contributed by atoms with Crippen molar-refractivity contribution >= 4 is 17.8 Å². The minimum atomic E-state index is -0.848. The van der Waals surface area contributed by atoms with Gasteiger partial charge in [0.2, 0.25) is 0 Å². The minimum Gasteiger partial charge on any atom is -0.492 e. The third-order valence-electron chi connectivity index (χ3n) is 2.85. The summed E-state index contributed by atoms with van der Waals surface area (Å²) in [7, 11) is 0. The molecule has 0 unspecified atom stereocenters. The fraction of sp³-hybridized carbons (Fsp3) is 0.308. The molecular formula is C13H13FN2O4. The van der Waals surface area contributed by atoms with E-state index in [0.717, 1.165) is 9.80 Å². The molecule has 0 spiro atoms. The van der Waals surface area contributed by atoms with Crippen molar-refractivity contribution < 1.29 is 23.5 Å². The number of hydrogen-bond acceptors (Lipinski definition) is 4. The van der Waals surface area contributed by atoms with E-state index in [-0.39, 0.29) is 25.5 Å². The normalized spacial score (nSPS) is 15.2. The van der Waals surface area contributed by atoms with Gasteiger partial charge in [0.1, 0.15) is 18.2 Å². The Morgan fingerprint density at radius 3 is 2.20 bits per heavy atom. The van der Waals surface area contributed by atoms with Crippen LogP contribution in [0.1, 0.15) is 6.92 Å². The van der Waals surface area contributed by atoms with Crippen LogP contribution >= 0.6 is 0 Å². The first-order valence-corrected chi connectivity index (χ1v) is 6.10. The Morgan fingerprint density at radius 1 is 1.05 bits per heavy atom. The van der Waals surface area contributed by atoms with E-state index >= 15 is 0 Å². The van der Waals surface area contributed by atoms with E-state index in [0.29, 0.717) is 5.75 Å². The molecule has 0 N–H and O–H groups in total. The Morgan fingerprint density at radius 2 is 1.65 bits per heavy atom. The van der Waals surface area contributed by atoms with Crippen LogP contribution in [0.25, 0.3) is 0 Å². The summed E-state index contributed by atoms with van der Waals surface area (Å²) in [6.07, 6.45) is 0. The zero-order valence-electron chi connectivity index (χ0n) is 10.8. The lowest BCUT2D eigenvalue weighted by Crippen LogP contribution is -2.35. The number of likely N-dealkylation sites (N-methyl/N-ethyl adjacent to an activating group) is 1. The Balaban J connectivity index is 1.91. The lowest BCUT2D eigenvalue weighted by molar-refractivity contribution is -0.143. The summed E-state index contributed by atoms with van der Waals surface area (Å²) < 4.78 is 18.0. The average molecular weight is 280 g/mol. The number of carbonyl (C=O) groups excluding carboxylic acids is 3. The molecule has 1 aliphatic heterocycles. The number of carbonyl (C=O) groups is 3. The molecule has 1 heterocycles. The van der Waals surface area contributed by atoms with Gasteiger partial charge < -0.3 is 4.74 Å². The molecule has 4 amide bonds. The van der Waals surface area contributed by atoms with Crippen molar-refractivity contribution in [2.24, 2.45) is 0 Å². The first-order valence-electron chi connectivity index (χ1n) is 6.10. The number of hydrogen-bond donors (Lipinski definition) is 0. The van der Waals surface area contributed by atoms with Crippen LogP contribution in [0.3, 0.4) is 0 Å². The predicted molar refractivity (Wildman–Crippen MR) is 66.4 cm³/mol. The van der Waals surface area contributed by atoms with Crippen LogP contribution in [0.5, 0.6) is 5.75 Å². The lowest BCUT2D eigenvalue weighted by atomic mass is 10.3. The number of imide groups is 2. The molecule has 1 aromatic carbocycles. The second-order valence-electron chi connectivity index (χ2n) is 4.09. The van der Waals surface area contributed by atoms with Crippen LogP contribution < -0.4 is 4.74 Å². The highest BCUT2D eigenvalue weighted by atomic mass is 19.1. The Labute approximate surface area is 114 Å². The molecular weight excluding hydrogens is 267 g/mol. The first-order chi connectivity index (χ1) is 9.54. The maximum Gasteiger partial charge on any atom is 0.334 e. The average Bonchev–Trinajstić information content (AvgIpc) is 2.64. The van der Waals surface area contributed by atoms with Gasteiger partial charge in [0.15, 0.2) is 0 Å². The monoisotopic (exact) mass is 280 g/mol. The number of halogens is 1. The van der Waals surface area contributed by atoms with Gasteiger partial charge in [-0.15, -0.1) is 0 Å². The summed E-state index contributed by atoms with van der Waals surface area (Å²) in [5.41, 5.74) is 0. The van der Waals surface area contributed by atoms with E-state index in [4.69, 9.17) is 4.74 Å². The lowest BCUT2D eigenvalue weighted by Gasteiger charge is -2.14. The topological polar surface area (TPSA) is 66.9 Å². The van der Waals surface area contributed by atoms with Crippen molar-refractivity contribution in [3.05, 3.63) is 30.1 Å². The summed E-state index contributed by atoms with van der Waals surface area (Å²) >= 11 is 0. The van der Waals surface area contributed by atoms with Gasteiger partial charge in [-0.2, -0.15) is 0 Å². The highest BCUT2D eigenvalue weighted by Gasteiger charge is 2.43. The minimum absolute atomic E-state index is 0.0305. The predicted octanol–water partition coefficient (Wildman–Crippen LogP) is 1.02. The number of nitrogens with zero attached hydrogens (tertiary/aromatic N) is 2. The Kier molecular flexibility index (Phi) is 3.97. The summed E-state index contributed by atoms with van der Waals surface area (Å²) in [4.78, 5) is 36.5. The summed E-state index contributed by atoms with van der Waals surface area (Å²) in [5, 5.41) is 0. The molecule has 7 heteroatoms. The van der Waals surface area contributed by atoms with Gasteiger partial charge in [-0.05, 0) is 31.2 Å². The molecule has 2 rings (SSSR count). The van der Waals surface area contributed by atoms with Crippen molar-refractivity contribution in [2.75, 3.05) is 19.7 Å². The third-order valence-corrected chi connectivity index (χ3v) is 2.85. The molecule has 1 saturated heterocycles. The molecule has 0 aromatic heterocycles. The molecule has 1 aliphatic rings. The van der Waals surface area contributed by atoms with Gasteiger partial charge in [0.25, 0.3) is 0 Å². The number of benzene rings is 1. The quantitative estimate of drug-likeness (QED) is 0.596. The van der Waals surface area contributed by atoms with E-state index in [1.807, 2.05) is 0 Å². The van der Waals surface area contributed by atoms with E-state index in [1.165, 1.54) is 24.3 Å². The van der Waals surface area contributed by atoms with Crippen LogP contribution in [-0.4, -0.2) is 47.3 Å². The van der Waals surface area contributed by atoms with Gasteiger partial charge in [0.05, 0.1) is 6.54 Å². The Bertz CT molecular complexity index is 544. The maximum absolute atomic E-state index is 12.7. The zero-order valence-corrected chi connectivity index (χ0v) is 10.8. The van der Waals surface area contributed by atoms with Gasteiger partial charge >= 0.3 is 17.8 Å². The van der Waals surface area contributed by atoms with E-state index in [2.05, 4.69) is 0 Å². The summed E-state index contributed by atoms with van der Waals surface area (Å²) in [6, 6.07) is 4.72. The van der Waals surface area contributed by atoms with Gasteiger partial charge in [0, 0.05) is 6.54 Å². The molecule has 1 aromatic rings. The molecule has 0 saturated carbocycles. The van der Waals surface area contributed by atoms with Crippen LogP contribution in [0.4, 0.5) is 9.18 Å². The SMILES string of the molecule is CCN1C(=O)C(=O)N(CCOc2ccc(F)cc2)C1=O. The molecule has 6 nitrogen and oxygen atoms in total. The second-order valence-corrected chi connectivity index (χ2v) is 4.09. The fourth-order valence-corrected chi connectivity index (χ4v) is 1.81. The van der Waals surface area contributed by atoms with Crippen molar-refractivity contribution in [1.29, 1.82) is 0 Å². The van der Waals surface area contributed by atoms with Gasteiger partial charge in [-0.1, -0.05) is 0 Å². The molecule has 0 aliphatic carbocycles. The molecule has 106 valence electrons. The maximum atomic E-state index is 12.7. The molecule has 0 bridgehead atoms. The highest BCUT2D eigenvalue weighted by Crippen LogP contribution is 2.13. The standard InChI is InChI=1S/C13H13FN2O4/c1-2-15-11(17)12(18)16(13(15)19)7-8-20-10-5-3-9(14)4-6-10/h3-6H,2,7-8H2,1H3. The molecule has 0 radical (unpaired) electrons. The number of amides is 4. The smallest absolute Gasteiger partial charge is 0.334 e. The second kappa shape index (κ2) is 5.68. The van der Waals surface area contributed by atoms with Crippen molar-refractivity contribution in [3.63, 3.8) is 0 Å². The molecule has 0 atom stereocenters. The van der Waals surface area contributed by atoms with E-state index in [9.17, 15) is 18.8 Å². The largest absolute Gasteiger partial charge is 0.492 e. The Hall–Kier alpha value is -2.44. The molecule has 20 heavy (non-hydrogen) atoms. The van der Waals surface area contributed by atoms with Crippen molar-refractivity contribution in [2.45, 2.75) is 6.92 Å². The molecule has 1 fully saturated rings. The zero-order chi connectivity index (χ0) is 14.7. The van der Waals surface area contributed by atoms with Crippen LogP contribution in [0.2, 0.25) is 0 Å².